The Morgan fingerprint density at radius 1 is 1.47 bits per heavy atom. The molecular weight excluding hydrogens is 265 g/mol. The minimum Gasteiger partial charge on any atom is -0.397 e. The lowest BCUT2D eigenvalue weighted by Crippen LogP contribution is -2.46. The number of rotatable bonds is 3. The number of hydrogen-bond donors (Lipinski definition) is 2. The van der Waals surface area contributed by atoms with Gasteiger partial charge in [0.1, 0.15) is 5.82 Å². The predicted octanol–water partition coefficient (Wildman–Crippen LogP) is 1.78. The van der Waals surface area contributed by atoms with E-state index in [9.17, 15) is 9.18 Å². The number of benzene rings is 1. The summed E-state index contributed by atoms with van der Waals surface area (Å²) in [7, 11) is 0. The van der Waals surface area contributed by atoms with Gasteiger partial charge in [-0.15, -0.1) is 0 Å². The number of nitrogen functional groups attached to an aromatic ring is 1. The number of thioether (sulfide) groups is 1. The van der Waals surface area contributed by atoms with Crippen LogP contribution in [0.1, 0.15) is 6.92 Å². The maximum Gasteiger partial charge on any atom is 0.241 e. The number of nitrogens with one attached hydrogen (secondary N) is 1. The highest BCUT2D eigenvalue weighted by atomic mass is 32.2. The highest BCUT2D eigenvalue weighted by molar-refractivity contribution is 7.99. The van der Waals surface area contributed by atoms with E-state index in [0.29, 0.717) is 5.69 Å². The molecule has 1 heterocycles. The molecule has 1 aromatic rings. The third-order valence-electron chi connectivity index (χ3n) is 3.24. The fourth-order valence-electron chi connectivity index (χ4n) is 2.02. The van der Waals surface area contributed by atoms with Crippen molar-refractivity contribution in [3.8, 4) is 0 Å². The van der Waals surface area contributed by atoms with Crippen LogP contribution >= 0.6 is 11.8 Å². The zero-order valence-corrected chi connectivity index (χ0v) is 11.7. The summed E-state index contributed by atoms with van der Waals surface area (Å²) in [6, 6.07) is 3.78. The highest BCUT2D eigenvalue weighted by Gasteiger charge is 2.23. The minimum absolute atomic E-state index is 0.106. The molecule has 1 aliphatic heterocycles. The van der Waals surface area contributed by atoms with Crippen LogP contribution < -0.4 is 11.1 Å². The number of carbonyl (C=O) groups excluding carboxylic acids is 1. The molecule has 0 saturated carbocycles. The Morgan fingerprint density at radius 3 is 2.79 bits per heavy atom. The average Bonchev–Trinajstić information content (AvgIpc) is 2.42. The molecule has 1 aliphatic rings. The van der Waals surface area contributed by atoms with Crippen molar-refractivity contribution in [1.29, 1.82) is 0 Å². The summed E-state index contributed by atoms with van der Waals surface area (Å²) in [5.41, 5.74) is 6.38. The number of hydrogen-bond acceptors (Lipinski definition) is 4. The molecule has 1 unspecified atom stereocenters. The molecule has 0 aliphatic carbocycles. The number of anilines is 2. The Balaban J connectivity index is 1.99. The molecule has 0 bridgehead atoms. The molecule has 1 fully saturated rings. The lowest BCUT2D eigenvalue weighted by Gasteiger charge is -2.31. The second kappa shape index (κ2) is 6.25. The summed E-state index contributed by atoms with van der Waals surface area (Å²) < 4.78 is 12.9. The standard InChI is InChI=1S/C13H18FN3OS/c1-9(17-4-6-19-7-5-17)13(18)16-12-3-2-10(14)8-11(12)15/h2-3,8-9H,4-7,15H2,1H3,(H,16,18). The number of halogens is 1. The zero-order chi connectivity index (χ0) is 13.8. The van der Waals surface area contributed by atoms with Gasteiger partial charge >= 0.3 is 0 Å². The van der Waals surface area contributed by atoms with Gasteiger partial charge in [-0.25, -0.2) is 4.39 Å². The van der Waals surface area contributed by atoms with Gasteiger partial charge in [0.05, 0.1) is 17.4 Å². The minimum atomic E-state index is -0.406. The lowest BCUT2D eigenvalue weighted by atomic mass is 10.2. The third-order valence-corrected chi connectivity index (χ3v) is 4.19. The van der Waals surface area contributed by atoms with Crippen LogP contribution in [0.2, 0.25) is 0 Å². The Bertz CT molecular complexity index is 463. The molecule has 2 rings (SSSR count). The molecule has 4 nitrogen and oxygen atoms in total. The van der Waals surface area contributed by atoms with Crippen LogP contribution in [0.4, 0.5) is 15.8 Å². The van der Waals surface area contributed by atoms with Crippen molar-refractivity contribution in [3.05, 3.63) is 24.0 Å². The van der Waals surface area contributed by atoms with E-state index in [4.69, 9.17) is 5.73 Å². The lowest BCUT2D eigenvalue weighted by molar-refractivity contribution is -0.120. The van der Waals surface area contributed by atoms with Crippen molar-refractivity contribution >= 4 is 29.0 Å². The van der Waals surface area contributed by atoms with Gasteiger partial charge in [-0.05, 0) is 25.1 Å². The molecule has 1 saturated heterocycles. The first-order valence-corrected chi connectivity index (χ1v) is 7.41. The molecule has 0 radical (unpaired) electrons. The van der Waals surface area contributed by atoms with E-state index in [1.165, 1.54) is 18.2 Å². The molecule has 1 amide bonds. The summed E-state index contributed by atoms with van der Waals surface area (Å²) >= 11 is 1.90. The number of nitrogens with zero attached hydrogens (tertiary/aromatic N) is 1. The summed E-state index contributed by atoms with van der Waals surface area (Å²) in [6.07, 6.45) is 0. The van der Waals surface area contributed by atoms with Gasteiger partial charge < -0.3 is 11.1 Å². The van der Waals surface area contributed by atoms with Crippen LogP contribution in [0.3, 0.4) is 0 Å². The van der Waals surface area contributed by atoms with Gasteiger partial charge in [-0.2, -0.15) is 11.8 Å². The van der Waals surface area contributed by atoms with E-state index >= 15 is 0 Å². The van der Waals surface area contributed by atoms with Crippen LogP contribution in [0.5, 0.6) is 0 Å². The normalized spacial score (nSPS) is 18.0. The molecule has 104 valence electrons. The van der Waals surface area contributed by atoms with Gasteiger partial charge in [-0.3, -0.25) is 9.69 Å². The maximum atomic E-state index is 12.9. The van der Waals surface area contributed by atoms with E-state index in [1.54, 1.807) is 0 Å². The predicted molar refractivity (Wildman–Crippen MR) is 77.8 cm³/mol. The maximum absolute atomic E-state index is 12.9. The molecule has 0 spiro atoms. The molecule has 6 heteroatoms. The van der Waals surface area contributed by atoms with Gasteiger partial charge in [0.2, 0.25) is 5.91 Å². The van der Waals surface area contributed by atoms with E-state index in [0.717, 1.165) is 24.6 Å². The van der Waals surface area contributed by atoms with Crippen molar-refractivity contribution in [2.75, 3.05) is 35.6 Å². The van der Waals surface area contributed by atoms with Gasteiger partial charge in [0.25, 0.3) is 0 Å². The van der Waals surface area contributed by atoms with E-state index in [1.807, 2.05) is 18.7 Å². The number of amides is 1. The summed E-state index contributed by atoms with van der Waals surface area (Å²) in [5.74, 6) is 1.59. The smallest absolute Gasteiger partial charge is 0.241 e. The van der Waals surface area contributed by atoms with Crippen LogP contribution in [-0.4, -0.2) is 41.4 Å². The second-order valence-electron chi connectivity index (χ2n) is 4.55. The van der Waals surface area contributed by atoms with Gasteiger partial charge in [-0.1, -0.05) is 0 Å². The fourth-order valence-corrected chi connectivity index (χ4v) is 2.95. The van der Waals surface area contributed by atoms with Crippen molar-refractivity contribution < 1.29 is 9.18 Å². The van der Waals surface area contributed by atoms with E-state index < -0.39 is 5.82 Å². The van der Waals surface area contributed by atoms with Crippen LogP contribution in [-0.2, 0) is 4.79 Å². The molecule has 19 heavy (non-hydrogen) atoms. The molecule has 0 aromatic heterocycles. The monoisotopic (exact) mass is 283 g/mol. The van der Waals surface area contributed by atoms with Crippen molar-refractivity contribution in [3.63, 3.8) is 0 Å². The SMILES string of the molecule is CC(C(=O)Nc1ccc(F)cc1N)N1CCSCC1. The topological polar surface area (TPSA) is 58.4 Å². The van der Waals surface area contributed by atoms with Gasteiger partial charge in [0.15, 0.2) is 0 Å². The molecular formula is C13H18FN3OS. The Kier molecular flexibility index (Phi) is 4.66. The van der Waals surface area contributed by atoms with E-state index in [2.05, 4.69) is 10.2 Å². The molecule has 3 N–H and O–H groups in total. The Labute approximate surface area is 116 Å². The fraction of sp³-hybridized carbons (Fsp3) is 0.462. The number of nitrogens with two attached hydrogens (primary N) is 1. The highest BCUT2D eigenvalue weighted by Crippen LogP contribution is 2.20. The van der Waals surface area contributed by atoms with E-state index in [-0.39, 0.29) is 17.6 Å². The van der Waals surface area contributed by atoms with Crippen molar-refractivity contribution in [2.24, 2.45) is 0 Å². The Hall–Kier alpha value is -1.27. The van der Waals surface area contributed by atoms with Crippen molar-refractivity contribution in [2.45, 2.75) is 13.0 Å². The first-order chi connectivity index (χ1) is 9.08. The second-order valence-corrected chi connectivity index (χ2v) is 5.77. The van der Waals surface area contributed by atoms with Crippen molar-refractivity contribution in [1.82, 2.24) is 4.90 Å². The first kappa shape index (κ1) is 14.1. The Morgan fingerprint density at radius 2 is 2.16 bits per heavy atom. The molecule has 1 aromatic carbocycles. The largest absolute Gasteiger partial charge is 0.397 e. The molecule has 1 atom stereocenters. The number of carbonyl (C=O) groups is 1. The quantitative estimate of drug-likeness (QED) is 0.830. The van der Waals surface area contributed by atoms with Crippen LogP contribution in [0.25, 0.3) is 0 Å². The zero-order valence-electron chi connectivity index (χ0n) is 10.9. The summed E-state index contributed by atoms with van der Waals surface area (Å²) in [4.78, 5) is 14.3. The third kappa shape index (κ3) is 3.61. The summed E-state index contributed by atoms with van der Waals surface area (Å²) in [5, 5.41) is 2.76. The van der Waals surface area contributed by atoms with Gasteiger partial charge in [0, 0.05) is 24.6 Å². The summed E-state index contributed by atoms with van der Waals surface area (Å²) in [6.45, 7) is 3.71. The first-order valence-electron chi connectivity index (χ1n) is 6.25. The average molecular weight is 283 g/mol. The van der Waals surface area contributed by atoms with Crippen LogP contribution in [0, 0.1) is 5.82 Å². The van der Waals surface area contributed by atoms with Crippen LogP contribution in [0.15, 0.2) is 18.2 Å².